The number of nitrogens with zero attached hydrogens (tertiary/aromatic N) is 1. The zero-order chi connectivity index (χ0) is 30.3. The topological polar surface area (TPSA) is 188 Å². The summed E-state index contributed by atoms with van der Waals surface area (Å²) in [4.78, 5) is 63.4. The smallest absolute Gasteiger partial charge is 0.330 e. The Morgan fingerprint density at radius 3 is 2.49 bits per heavy atom. The number of amides is 1. The number of benzene rings is 1. The van der Waals surface area contributed by atoms with Crippen LogP contribution >= 0.6 is 6.72 Å². The van der Waals surface area contributed by atoms with E-state index >= 15 is 0 Å². The lowest BCUT2D eigenvalue weighted by atomic mass is 10.0. The normalized spacial score (nSPS) is 22.8. The van der Waals surface area contributed by atoms with E-state index in [1.165, 1.54) is 20.2 Å². The van der Waals surface area contributed by atoms with Gasteiger partial charge in [0.15, 0.2) is 12.3 Å². The summed E-state index contributed by atoms with van der Waals surface area (Å²) in [5.74, 6) is -2.22. The summed E-state index contributed by atoms with van der Waals surface area (Å²) in [6.07, 6.45) is -5.05. The molecule has 0 radical (unpaired) electrons. The monoisotopic (exact) mass is 615 g/mol. The molecular formula is C25H34N3O11PS. The number of nitrogens with one attached hydrogen (secondary N) is 2. The maximum absolute atomic E-state index is 13.6. The summed E-state index contributed by atoms with van der Waals surface area (Å²) in [6.45, 7) is 0.767. The van der Waals surface area contributed by atoms with Crippen molar-refractivity contribution in [3.63, 3.8) is 0 Å². The van der Waals surface area contributed by atoms with Crippen LogP contribution in [0.25, 0.3) is 0 Å². The van der Waals surface area contributed by atoms with Gasteiger partial charge in [-0.1, -0.05) is 30.3 Å². The quantitative estimate of drug-likeness (QED) is 0.172. The molecule has 0 aliphatic carbocycles. The van der Waals surface area contributed by atoms with E-state index in [0.717, 1.165) is 4.57 Å². The van der Waals surface area contributed by atoms with Crippen molar-refractivity contribution in [1.82, 2.24) is 14.9 Å². The molecule has 0 spiro atoms. The van der Waals surface area contributed by atoms with Crippen molar-refractivity contribution in [2.45, 2.75) is 63.9 Å². The van der Waals surface area contributed by atoms with E-state index in [2.05, 4.69) is 10.3 Å². The Hall–Kier alpha value is -2.75. The number of aliphatic carboxylic acids is 1. The standard InChI is InChI=1S/C25H34N3O11PS/c1-14(2)38-40(34,41)39-18-19(22(30)26-17(24(31)32)12-16-8-6-5-7-9-16)37-23(20(18)36-11-10-35-4)28-13-15(3)21(29)27-25(28)33/h5-9,13-14,17-20,23H,10-12H2,1-4H3,(H,26,30)(H,31,32)(H,34,41)(H,27,29,33)/t17?,18-,19-,20?,23-,40?/m0/s1. The molecule has 3 unspecified atom stereocenters. The largest absolute Gasteiger partial charge is 0.480 e. The van der Waals surface area contributed by atoms with Gasteiger partial charge in [-0.2, -0.15) is 0 Å². The zero-order valence-corrected chi connectivity index (χ0v) is 24.6. The molecule has 2 heterocycles. The van der Waals surface area contributed by atoms with Crippen LogP contribution in [0.2, 0.25) is 0 Å². The first kappa shape index (κ1) is 32.8. The first-order valence-electron chi connectivity index (χ1n) is 12.7. The molecule has 1 aliphatic rings. The summed E-state index contributed by atoms with van der Waals surface area (Å²) >= 11 is 5.16. The number of aryl methyl sites for hydroxylation is 1. The van der Waals surface area contributed by atoms with Gasteiger partial charge in [-0.3, -0.25) is 23.7 Å². The Bertz CT molecular complexity index is 1370. The molecule has 3 rings (SSSR count). The SMILES string of the molecule is COCCOC1[C@@H](OP(O)(=S)OC(C)C)[C@@H](C(=O)NC(Cc2ccccc2)C(=O)O)O[C@@H]1n1cc(C)c(=O)[nH]c1=O. The predicted octanol–water partition coefficient (Wildman–Crippen LogP) is 0.613. The van der Waals surface area contributed by atoms with E-state index in [4.69, 9.17) is 35.1 Å². The predicted molar refractivity (Wildman–Crippen MR) is 149 cm³/mol. The molecule has 0 bridgehead atoms. The third-order valence-electron chi connectivity index (χ3n) is 5.96. The Labute approximate surface area is 240 Å². The van der Waals surface area contributed by atoms with Gasteiger partial charge in [-0.05, 0) is 38.1 Å². The number of methoxy groups -OCH3 is 1. The Balaban J connectivity index is 2.02. The number of hydrogen-bond donors (Lipinski definition) is 4. The number of aromatic nitrogens is 2. The maximum Gasteiger partial charge on any atom is 0.330 e. The van der Waals surface area contributed by atoms with Gasteiger partial charge in [-0.15, -0.1) is 0 Å². The molecule has 6 atom stereocenters. The summed E-state index contributed by atoms with van der Waals surface area (Å²) < 4.78 is 29.1. The van der Waals surface area contributed by atoms with Crippen LogP contribution in [-0.2, 0) is 51.1 Å². The van der Waals surface area contributed by atoms with Gasteiger partial charge in [0.05, 0.1) is 19.3 Å². The highest BCUT2D eigenvalue weighted by Gasteiger charge is 2.53. The molecule has 4 N–H and O–H groups in total. The van der Waals surface area contributed by atoms with E-state index < -0.39 is 66.5 Å². The number of carbonyl (C=O) groups excluding carboxylic acids is 1. The second-order valence-electron chi connectivity index (χ2n) is 9.54. The van der Waals surface area contributed by atoms with Crippen LogP contribution in [0.5, 0.6) is 0 Å². The number of rotatable bonds is 14. The minimum Gasteiger partial charge on any atom is -0.480 e. The summed E-state index contributed by atoms with van der Waals surface area (Å²) in [5.41, 5.74) is -0.659. The van der Waals surface area contributed by atoms with Gasteiger partial charge in [0.1, 0.15) is 18.2 Å². The van der Waals surface area contributed by atoms with Gasteiger partial charge >= 0.3 is 18.4 Å². The molecule has 226 valence electrons. The molecule has 41 heavy (non-hydrogen) atoms. The molecule has 1 aliphatic heterocycles. The lowest BCUT2D eigenvalue weighted by Crippen LogP contribution is -2.50. The van der Waals surface area contributed by atoms with Crippen molar-refractivity contribution in [1.29, 1.82) is 0 Å². The van der Waals surface area contributed by atoms with Gasteiger partial charge in [0.25, 0.3) is 11.5 Å². The van der Waals surface area contributed by atoms with Crippen LogP contribution in [0.3, 0.4) is 0 Å². The maximum atomic E-state index is 13.6. The molecule has 1 amide bonds. The average molecular weight is 616 g/mol. The third kappa shape index (κ3) is 8.87. The molecular weight excluding hydrogens is 581 g/mol. The fourth-order valence-electron chi connectivity index (χ4n) is 4.16. The lowest BCUT2D eigenvalue weighted by Gasteiger charge is -2.28. The van der Waals surface area contributed by atoms with Crippen molar-refractivity contribution in [2.75, 3.05) is 20.3 Å². The number of carbonyl (C=O) groups is 2. The molecule has 2 aromatic rings. The molecule has 1 aromatic heterocycles. The van der Waals surface area contributed by atoms with Crippen LogP contribution in [0.15, 0.2) is 46.1 Å². The van der Waals surface area contributed by atoms with Crippen molar-refractivity contribution >= 4 is 30.4 Å². The molecule has 14 nitrogen and oxygen atoms in total. The molecule has 1 aromatic carbocycles. The Kier molecular flexibility index (Phi) is 11.5. The Morgan fingerprint density at radius 1 is 1.20 bits per heavy atom. The highest BCUT2D eigenvalue weighted by molar-refractivity contribution is 8.07. The summed E-state index contributed by atoms with van der Waals surface area (Å²) in [7, 11) is 1.44. The van der Waals surface area contributed by atoms with Crippen molar-refractivity contribution in [2.24, 2.45) is 0 Å². The lowest BCUT2D eigenvalue weighted by molar-refractivity contribution is -0.146. The molecule has 0 saturated carbocycles. The summed E-state index contributed by atoms with van der Waals surface area (Å²) in [5, 5.41) is 12.3. The highest BCUT2D eigenvalue weighted by Crippen LogP contribution is 2.50. The van der Waals surface area contributed by atoms with Crippen LogP contribution in [0.1, 0.15) is 31.2 Å². The highest BCUT2D eigenvalue weighted by atomic mass is 32.5. The number of H-pyrrole nitrogens is 1. The minimum absolute atomic E-state index is 0.0373. The first-order chi connectivity index (χ1) is 19.3. The molecule has 1 saturated heterocycles. The van der Waals surface area contributed by atoms with E-state index in [1.807, 2.05) is 0 Å². The van der Waals surface area contributed by atoms with Crippen LogP contribution < -0.4 is 16.6 Å². The number of carboxylic acids is 1. The number of aromatic amines is 1. The van der Waals surface area contributed by atoms with E-state index in [9.17, 15) is 29.2 Å². The zero-order valence-electron chi connectivity index (χ0n) is 22.9. The van der Waals surface area contributed by atoms with Gasteiger partial charge in [0, 0.05) is 25.3 Å². The minimum atomic E-state index is -4.01. The molecule has 1 fully saturated rings. The van der Waals surface area contributed by atoms with Crippen LogP contribution in [0, 0.1) is 6.92 Å². The van der Waals surface area contributed by atoms with Gasteiger partial charge in [0.2, 0.25) is 0 Å². The fourth-order valence-corrected chi connectivity index (χ4v) is 6.09. The van der Waals surface area contributed by atoms with E-state index in [-0.39, 0.29) is 25.2 Å². The van der Waals surface area contributed by atoms with Crippen molar-refractivity contribution in [3.05, 3.63) is 68.5 Å². The first-order valence-corrected chi connectivity index (χ1v) is 15.3. The number of hydrogen-bond acceptors (Lipinski definition) is 10. The van der Waals surface area contributed by atoms with Gasteiger partial charge in [-0.25, -0.2) is 9.59 Å². The van der Waals surface area contributed by atoms with Gasteiger partial charge < -0.3 is 34.1 Å². The van der Waals surface area contributed by atoms with Crippen molar-refractivity contribution in [3.8, 4) is 0 Å². The van der Waals surface area contributed by atoms with Crippen molar-refractivity contribution < 1.29 is 42.8 Å². The fraction of sp³-hybridized carbons (Fsp3) is 0.520. The third-order valence-corrected chi connectivity index (χ3v) is 7.68. The second-order valence-corrected chi connectivity index (χ2v) is 12.3. The van der Waals surface area contributed by atoms with Crippen LogP contribution in [0.4, 0.5) is 0 Å². The van der Waals surface area contributed by atoms with E-state index in [1.54, 1.807) is 44.2 Å². The average Bonchev–Trinajstić information content (AvgIpc) is 3.22. The number of carboxylic acid groups (broad SMARTS) is 1. The second kappa shape index (κ2) is 14.4. The summed E-state index contributed by atoms with van der Waals surface area (Å²) in [6, 6.07) is 7.31. The van der Waals surface area contributed by atoms with Crippen LogP contribution in [-0.4, -0.2) is 82.2 Å². The Morgan fingerprint density at radius 2 is 1.88 bits per heavy atom. The molecule has 16 heteroatoms. The number of ether oxygens (including phenoxy) is 3. The van der Waals surface area contributed by atoms with E-state index in [0.29, 0.717) is 5.56 Å².